The van der Waals surface area contributed by atoms with Gasteiger partial charge in [0.15, 0.2) is 19.7 Å². The molecule has 0 bridgehead atoms. The van der Waals surface area contributed by atoms with Gasteiger partial charge in [-0.05, 0) is 6.42 Å². The molecule has 20 heavy (non-hydrogen) atoms. The van der Waals surface area contributed by atoms with Crippen molar-refractivity contribution < 1.29 is 26.7 Å². The lowest BCUT2D eigenvalue weighted by atomic mass is 10.2. The third-order valence-electron chi connectivity index (χ3n) is 3.27. The van der Waals surface area contributed by atoms with E-state index in [1.165, 1.54) is 0 Å². The van der Waals surface area contributed by atoms with Crippen molar-refractivity contribution >= 4 is 25.6 Å². The van der Waals surface area contributed by atoms with Crippen molar-refractivity contribution in [2.75, 3.05) is 36.1 Å². The summed E-state index contributed by atoms with van der Waals surface area (Å²) in [4.78, 5) is 12.5. The van der Waals surface area contributed by atoms with E-state index in [0.29, 0.717) is 6.42 Å². The maximum absolute atomic E-state index is 11.7. The highest BCUT2D eigenvalue weighted by atomic mass is 32.2. The Kier molecular flexibility index (Phi) is 5.96. The minimum Gasteiger partial charge on any atom is -0.481 e. The summed E-state index contributed by atoms with van der Waals surface area (Å²) in [5.41, 5.74) is 0. The largest absolute Gasteiger partial charge is 0.481 e. The first-order valence-electron chi connectivity index (χ1n) is 6.52. The molecule has 1 saturated heterocycles. The van der Waals surface area contributed by atoms with Crippen molar-refractivity contribution in [1.82, 2.24) is 4.90 Å². The number of rotatable bonds is 7. The number of aliphatic carboxylic acids is 1. The molecular weight excluding hydrogens is 306 g/mol. The van der Waals surface area contributed by atoms with Crippen LogP contribution in [0.15, 0.2) is 0 Å². The zero-order valence-electron chi connectivity index (χ0n) is 11.5. The van der Waals surface area contributed by atoms with Gasteiger partial charge < -0.3 is 5.11 Å². The smallest absolute Gasteiger partial charge is 0.304 e. The molecule has 9 heteroatoms. The maximum Gasteiger partial charge on any atom is 0.304 e. The molecule has 1 aliphatic rings. The average Bonchev–Trinajstić information content (AvgIpc) is 2.26. The molecule has 1 unspecified atom stereocenters. The fourth-order valence-electron chi connectivity index (χ4n) is 2.27. The highest BCUT2D eigenvalue weighted by Gasteiger charge is 2.32. The van der Waals surface area contributed by atoms with Crippen LogP contribution >= 0.6 is 0 Å². The van der Waals surface area contributed by atoms with Crippen LogP contribution in [0.4, 0.5) is 0 Å². The van der Waals surface area contributed by atoms with Gasteiger partial charge >= 0.3 is 5.97 Å². The summed E-state index contributed by atoms with van der Waals surface area (Å²) < 4.78 is 46.4. The molecule has 0 aromatic carbocycles. The standard InChI is InChI=1S/C11H21NO6S2/c1-2-5-19(15,16)6-3-12-4-7-20(17,18)9-10(12)8-11(13)14/h10H,2-9H2,1H3,(H,13,14). The van der Waals surface area contributed by atoms with Crippen molar-refractivity contribution in [3.63, 3.8) is 0 Å². The highest BCUT2D eigenvalue weighted by molar-refractivity contribution is 7.91. The minimum atomic E-state index is -3.23. The van der Waals surface area contributed by atoms with Gasteiger partial charge in [-0.25, -0.2) is 16.8 Å². The Morgan fingerprint density at radius 3 is 2.55 bits per heavy atom. The van der Waals surface area contributed by atoms with E-state index in [4.69, 9.17) is 5.11 Å². The Morgan fingerprint density at radius 2 is 2.00 bits per heavy atom. The van der Waals surface area contributed by atoms with Crippen LogP contribution in [0.5, 0.6) is 0 Å². The van der Waals surface area contributed by atoms with E-state index >= 15 is 0 Å². The molecule has 1 aliphatic heterocycles. The molecule has 0 aromatic rings. The Hall–Kier alpha value is -0.670. The lowest BCUT2D eigenvalue weighted by molar-refractivity contribution is -0.138. The Labute approximate surface area is 119 Å². The summed E-state index contributed by atoms with van der Waals surface area (Å²) >= 11 is 0. The first-order chi connectivity index (χ1) is 9.15. The normalized spacial score (nSPS) is 23.6. The molecule has 7 nitrogen and oxygen atoms in total. The second-order valence-corrected chi connectivity index (χ2v) is 9.59. The lowest BCUT2D eigenvalue weighted by Gasteiger charge is -2.34. The van der Waals surface area contributed by atoms with Crippen molar-refractivity contribution in [2.24, 2.45) is 0 Å². The van der Waals surface area contributed by atoms with Gasteiger partial charge in [-0.1, -0.05) is 6.92 Å². The SMILES string of the molecule is CCCS(=O)(=O)CCN1CCS(=O)(=O)CC1CC(=O)O. The van der Waals surface area contributed by atoms with Gasteiger partial charge in [0.2, 0.25) is 0 Å². The van der Waals surface area contributed by atoms with Crippen LogP contribution in [-0.2, 0) is 24.5 Å². The van der Waals surface area contributed by atoms with E-state index in [1.807, 2.05) is 0 Å². The number of nitrogens with zero attached hydrogens (tertiary/aromatic N) is 1. The van der Waals surface area contributed by atoms with Gasteiger partial charge in [-0.3, -0.25) is 9.69 Å². The summed E-state index contributed by atoms with van der Waals surface area (Å²) in [5, 5.41) is 8.83. The summed E-state index contributed by atoms with van der Waals surface area (Å²) in [5.74, 6) is -1.29. The first-order valence-corrected chi connectivity index (χ1v) is 10.2. The molecule has 0 spiro atoms. The van der Waals surface area contributed by atoms with E-state index in [1.54, 1.807) is 11.8 Å². The monoisotopic (exact) mass is 327 g/mol. The molecule has 0 radical (unpaired) electrons. The van der Waals surface area contributed by atoms with Gasteiger partial charge in [-0.15, -0.1) is 0 Å². The average molecular weight is 327 g/mol. The Morgan fingerprint density at radius 1 is 1.35 bits per heavy atom. The van der Waals surface area contributed by atoms with Crippen LogP contribution in [0.2, 0.25) is 0 Å². The number of hydrogen-bond acceptors (Lipinski definition) is 6. The number of carboxylic acids is 1. The second-order valence-electron chi connectivity index (χ2n) is 5.05. The molecule has 1 rings (SSSR count). The fourth-order valence-corrected chi connectivity index (χ4v) is 5.21. The number of hydrogen-bond donors (Lipinski definition) is 1. The summed E-state index contributed by atoms with van der Waals surface area (Å²) in [6.45, 7) is 2.16. The van der Waals surface area contributed by atoms with E-state index in [9.17, 15) is 21.6 Å². The van der Waals surface area contributed by atoms with Crippen LogP contribution in [0.3, 0.4) is 0 Å². The van der Waals surface area contributed by atoms with Gasteiger partial charge in [0, 0.05) is 24.9 Å². The number of carbonyl (C=O) groups is 1. The molecule has 0 aliphatic carbocycles. The first kappa shape index (κ1) is 17.4. The van der Waals surface area contributed by atoms with Crippen LogP contribution in [0, 0.1) is 0 Å². The van der Waals surface area contributed by atoms with Crippen LogP contribution in [0.1, 0.15) is 19.8 Å². The molecule has 0 saturated carbocycles. The van der Waals surface area contributed by atoms with Gasteiger partial charge in [0.1, 0.15) is 0 Å². The Bertz CT molecular complexity index is 539. The number of sulfone groups is 2. The Balaban J connectivity index is 2.69. The fraction of sp³-hybridized carbons (Fsp3) is 0.909. The van der Waals surface area contributed by atoms with Crippen LogP contribution in [-0.4, -0.2) is 75.0 Å². The van der Waals surface area contributed by atoms with E-state index < -0.39 is 31.7 Å². The van der Waals surface area contributed by atoms with Crippen LogP contribution in [0.25, 0.3) is 0 Å². The summed E-state index contributed by atoms with van der Waals surface area (Å²) in [7, 11) is -6.38. The van der Waals surface area contributed by atoms with Crippen molar-refractivity contribution in [1.29, 1.82) is 0 Å². The van der Waals surface area contributed by atoms with Crippen molar-refractivity contribution in [3.05, 3.63) is 0 Å². The third kappa shape index (κ3) is 5.76. The highest BCUT2D eigenvalue weighted by Crippen LogP contribution is 2.15. The summed E-state index contributed by atoms with van der Waals surface area (Å²) in [6, 6.07) is -0.636. The lowest BCUT2D eigenvalue weighted by Crippen LogP contribution is -2.50. The predicted molar refractivity (Wildman–Crippen MR) is 75.2 cm³/mol. The second kappa shape index (κ2) is 6.86. The molecular formula is C11H21NO6S2. The van der Waals surface area contributed by atoms with Gasteiger partial charge in [0.25, 0.3) is 0 Å². The predicted octanol–water partition coefficient (Wildman–Crippen LogP) is -0.615. The maximum atomic E-state index is 11.7. The van der Waals surface area contributed by atoms with E-state index in [0.717, 1.165) is 0 Å². The molecule has 118 valence electrons. The molecule has 1 atom stereocenters. The quantitative estimate of drug-likeness (QED) is 0.664. The molecule has 1 fully saturated rings. The molecule has 1 N–H and O–H groups in total. The molecule has 1 heterocycles. The van der Waals surface area contributed by atoms with Gasteiger partial charge in [0.05, 0.1) is 23.7 Å². The minimum absolute atomic E-state index is 0.0447. The van der Waals surface area contributed by atoms with Gasteiger partial charge in [-0.2, -0.15) is 0 Å². The zero-order valence-corrected chi connectivity index (χ0v) is 13.1. The number of carboxylic acid groups (broad SMARTS) is 1. The third-order valence-corrected chi connectivity index (χ3v) is 6.80. The van der Waals surface area contributed by atoms with E-state index in [2.05, 4.69) is 0 Å². The topological polar surface area (TPSA) is 109 Å². The van der Waals surface area contributed by atoms with Crippen molar-refractivity contribution in [2.45, 2.75) is 25.8 Å². The molecule has 0 amide bonds. The summed E-state index contributed by atoms with van der Waals surface area (Å²) in [6.07, 6.45) is 0.252. The molecule has 0 aromatic heterocycles. The van der Waals surface area contributed by atoms with Crippen molar-refractivity contribution in [3.8, 4) is 0 Å². The van der Waals surface area contributed by atoms with E-state index in [-0.39, 0.29) is 42.5 Å². The zero-order chi connectivity index (χ0) is 15.4. The van der Waals surface area contributed by atoms with Crippen LogP contribution < -0.4 is 0 Å².